The Labute approximate surface area is 80.1 Å². The van der Waals surface area contributed by atoms with Gasteiger partial charge in [-0.25, -0.2) is 0 Å². The first-order chi connectivity index (χ1) is 6.01. The molecule has 3 atom stereocenters. The van der Waals surface area contributed by atoms with E-state index in [9.17, 15) is 5.11 Å². The van der Waals surface area contributed by atoms with Crippen LogP contribution >= 0.6 is 0 Å². The molecule has 0 saturated heterocycles. The fourth-order valence-electron chi connectivity index (χ4n) is 2.67. The molecule has 0 radical (unpaired) electrons. The second-order valence-corrected chi connectivity index (χ2v) is 5.25. The van der Waals surface area contributed by atoms with E-state index in [1.165, 1.54) is 18.6 Å². The molecule has 74 valence electrons. The molecule has 0 spiro atoms. The lowest BCUT2D eigenvalue weighted by Gasteiger charge is -2.34. The summed E-state index contributed by atoms with van der Waals surface area (Å²) in [5, 5.41) is 9.79. The van der Waals surface area contributed by atoms with Gasteiger partial charge in [0.15, 0.2) is 6.23 Å². The average Bonchev–Trinajstić information content (AvgIpc) is 2.23. The van der Waals surface area contributed by atoms with Crippen molar-refractivity contribution in [3.8, 4) is 0 Å². The molecule has 0 bridgehead atoms. The van der Waals surface area contributed by atoms with E-state index < -0.39 is 6.23 Å². The van der Waals surface area contributed by atoms with Gasteiger partial charge in [0.2, 0.25) is 0 Å². The maximum atomic E-state index is 9.79. The minimum atomic E-state index is -0.460. The van der Waals surface area contributed by atoms with E-state index in [4.69, 9.17) is 0 Å². The van der Waals surface area contributed by atoms with Gasteiger partial charge in [-0.1, -0.05) is 20.8 Å². The van der Waals surface area contributed by atoms with Crippen molar-refractivity contribution >= 4 is 5.71 Å². The second-order valence-electron chi connectivity index (χ2n) is 5.25. The standard InChI is InChI=1S/C11H19NO/c1-7-4-5-8-9(6-7)12-10(13)11(8,2)3/h7-8,10,13H,4-6H2,1-3H3. The molecule has 13 heavy (non-hydrogen) atoms. The Hall–Kier alpha value is -0.370. The molecule has 1 saturated carbocycles. The fraction of sp³-hybridized carbons (Fsp3) is 0.909. The van der Waals surface area contributed by atoms with Crippen LogP contribution in [0.1, 0.15) is 40.0 Å². The highest BCUT2D eigenvalue weighted by molar-refractivity contribution is 5.90. The Bertz CT molecular complexity index is 244. The van der Waals surface area contributed by atoms with Crippen molar-refractivity contribution in [2.75, 3.05) is 0 Å². The molecule has 1 fully saturated rings. The van der Waals surface area contributed by atoms with Gasteiger partial charge in [0.05, 0.1) is 0 Å². The summed E-state index contributed by atoms with van der Waals surface area (Å²) in [6, 6.07) is 0. The molecule has 1 N–H and O–H groups in total. The van der Waals surface area contributed by atoms with E-state index in [0.717, 1.165) is 12.3 Å². The number of aliphatic hydroxyl groups excluding tert-OH is 1. The van der Waals surface area contributed by atoms with Crippen LogP contribution < -0.4 is 0 Å². The van der Waals surface area contributed by atoms with Crippen LogP contribution in [0.5, 0.6) is 0 Å². The highest BCUT2D eigenvalue weighted by Gasteiger charge is 2.46. The maximum absolute atomic E-state index is 9.79. The van der Waals surface area contributed by atoms with E-state index >= 15 is 0 Å². The van der Waals surface area contributed by atoms with Crippen LogP contribution in [-0.2, 0) is 0 Å². The molecule has 1 aliphatic carbocycles. The van der Waals surface area contributed by atoms with Crippen molar-refractivity contribution in [3.05, 3.63) is 0 Å². The molecule has 0 amide bonds. The normalized spacial score (nSPS) is 42.8. The number of hydrogen-bond acceptors (Lipinski definition) is 2. The molecule has 0 aromatic rings. The largest absolute Gasteiger partial charge is 0.371 e. The minimum Gasteiger partial charge on any atom is -0.371 e. The van der Waals surface area contributed by atoms with Gasteiger partial charge in [-0.15, -0.1) is 0 Å². The van der Waals surface area contributed by atoms with Crippen LogP contribution in [-0.4, -0.2) is 17.0 Å². The Morgan fingerprint density at radius 3 is 2.77 bits per heavy atom. The molecule has 1 aliphatic heterocycles. The van der Waals surface area contributed by atoms with Crippen LogP contribution in [0, 0.1) is 17.3 Å². The van der Waals surface area contributed by atoms with Crippen molar-refractivity contribution in [1.82, 2.24) is 0 Å². The summed E-state index contributed by atoms with van der Waals surface area (Å²) in [5.41, 5.74) is 1.26. The summed E-state index contributed by atoms with van der Waals surface area (Å²) in [4.78, 5) is 4.39. The first-order valence-corrected chi connectivity index (χ1v) is 5.26. The van der Waals surface area contributed by atoms with Crippen molar-refractivity contribution in [1.29, 1.82) is 0 Å². The SMILES string of the molecule is CC1CCC2C(=NC(O)C2(C)C)C1. The van der Waals surface area contributed by atoms with Crippen molar-refractivity contribution in [3.63, 3.8) is 0 Å². The highest BCUT2D eigenvalue weighted by atomic mass is 16.3. The monoisotopic (exact) mass is 181 g/mol. The van der Waals surface area contributed by atoms with E-state index in [1.807, 2.05) is 0 Å². The van der Waals surface area contributed by atoms with Crippen LogP contribution in [0.25, 0.3) is 0 Å². The number of rotatable bonds is 0. The third-order valence-corrected chi connectivity index (χ3v) is 3.76. The lowest BCUT2D eigenvalue weighted by molar-refractivity contribution is 0.0456. The molecule has 2 rings (SSSR count). The summed E-state index contributed by atoms with van der Waals surface area (Å²) in [6.07, 6.45) is 3.15. The molecule has 1 heterocycles. The number of aliphatic hydroxyl groups is 1. The van der Waals surface area contributed by atoms with E-state index in [1.54, 1.807) is 0 Å². The van der Waals surface area contributed by atoms with E-state index in [0.29, 0.717) is 5.92 Å². The van der Waals surface area contributed by atoms with Gasteiger partial charge in [-0.05, 0) is 25.2 Å². The molecule has 0 aromatic heterocycles. The minimum absolute atomic E-state index is 0.0184. The van der Waals surface area contributed by atoms with Crippen LogP contribution in [0.4, 0.5) is 0 Å². The van der Waals surface area contributed by atoms with E-state index in [2.05, 4.69) is 25.8 Å². The Morgan fingerprint density at radius 1 is 1.38 bits per heavy atom. The molecule has 2 aliphatic rings. The van der Waals surface area contributed by atoms with Gasteiger partial charge in [0, 0.05) is 17.0 Å². The van der Waals surface area contributed by atoms with Crippen LogP contribution in [0.15, 0.2) is 4.99 Å². The summed E-state index contributed by atoms with van der Waals surface area (Å²) in [7, 11) is 0. The Balaban J connectivity index is 2.22. The highest BCUT2D eigenvalue weighted by Crippen LogP contribution is 2.45. The maximum Gasteiger partial charge on any atom is 0.150 e. The summed E-state index contributed by atoms with van der Waals surface area (Å²) in [6.45, 7) is 6.54. The zero-order chi connectivity index (χ0) is 9.64. The Kier molecular flexibility index (Phi) is 1.99. The molecule has 0 aromatic carbocycles. The first kappa shape index (κ1) is 9.20. The smallest absolute Gasteiger partial charge is 0.150 e. The van der Waals surface area contributed by atoms with Crippen LogP contribution in [0.3, 0.4) is 0 Å². The van der Waals surface area contributed by atoms with Gasteiger partial charge in [0.1, 0.15) is 0 Å². The summed E-state index contributed by atoms with van der Waals surface area (Å²) in [5.74, 6) is 1.30. The quantitative estimate of drug-likeness (QED) is 0.610. The zero-order valence-corrected chi connectivity index (χ0v) is 8.75. The molecular weight excluding hydrogens is 162 g/mol. The first-order valence-electron chi connectivity index (χ1n) is 5.26. The molecule has 3 unspecified atom stereocenters. The van der Waals surface area contributed by atoms with Gasteiger partial charge in [0.25, 0.3) is 0 Å². The predicted molar refractivity (Wildman–Crippen MR) is 53.7 cm³/mol. The van der Waals surface area contributed by atoms with Gasteiger partial charge in [-0.2, -0.15) is 0 Å². The van der Waals surface area contributed by atoms with Gasteiger partial charge >= 0.3 is 0 Å². The summed E-state index contributed by atoms with van der Waals surface area (Å²) < 4.78 is 0. The lowest BCUT2D eigenvalue weighted by atomic mass is 9.69. The number of aliphatic imine (C=N–C) groups is 1. The van der Waals surface area contributed by atoms with E-state index in [-0.39, 0.29) is 5.41 Å². The average molecular weight is 181 g/mol. The van der Waals surface area contributed by atoms with Gasteiger partial charge < -0.3 is 5.11 Å². The third-order valence-electron chi connectivity index (χ3n) is 3.76. The topological polar surface area (TPSA) is 32.6 Å². The van der Waals surface area contributed by atoms with Gasteiger partial charge in [-0.3, -0.25) is 4.99 Å². The van der Waals surface area contributed by atoms with Crippen molar-refractivity contribution < 1.29 is 5.11 Å². The fourth-order valence-corrected chi connectivity index (χ4v) is 2.67. The lowest BCUT2D eigenvalue weighted by Crippen LogP contribution is -2.35. The number of nitrogens with zero attached hydrogens (tertiary/aromatic N) is 1. The van der Waals surface area contributed by atoms with Crippen molar-refractivity contribution in [2.45, 2.75) is 46.3 Å². The Morgan fingerprint density at radius 2 is 2.08 bits per heavy atom. The van der Waals surface area contributed by atoms with Crippen molar-refractivity contribution in [2.24, 2.45) is 22.2 Å². The second kappa shape index (κ2) is 2.81. The number of fused-ring (bicyclic) bond motifs is 1. The summed E-state index contributed by atoms with van der Waals surface area (Å²) >= 11 is 0. The molecule has 2 nitrogen and oxygen atoms in total. The molecular formula is C11H19NO. The third kappa shape index (κ3) is 1.32. The predicted octanol–water partition coefficient (Wildman–Crippen LogP) is 2.22. The number of hydrogen-bond donors (Lipinski definition) is 1. The molecule has 2 heteroatoms. The van der Waals surface area contributed by atoms with Crippen LogP contribution in [0.2, 0.25) is 0 Å². The zero-order valence-electron chi connectivity index (χ0n) is 8.75.